The molecule has 2 N–H and O–H groups in total. The summed E-state index contributed by atoms with van der Waals surface area (Å²) in [5.74, 6) is 0. The number of nitrogens with one attached hydrogen (secondary N) is 2. The topological polar surface area (TPSA) is 93.1 Å². The van der Waals surface area contributed by atoms with Crippen LogP contribution in [0, 0.1) is 0 Å². The maximum atomic E-state index is 12.4. The maximum Gasteiger partial charge on any atom is 0.408 e. The fourth-order valence-corrected chi connectivity index (χ4v) is 4.90. The van der Waals surface area contributed by atoms with Crippen molar-refractivity contribution < 1.29 is 26.4 Å². The Morgan fingerprint density at radius 1 is 1.10 bits per heavy atom. The normalized spacial score (nSPS) is 15.8. The second-order valence-electron chi connectivity index (χ2n) is 7.28. The van der Waals surface area contributed by atoms with E-state index in [4.69, 9.17) is 0 Å². The monoisotopic (exact) mass is 428 g/mol. The molecule has 0 fully saturated rings. The Kier molecular flexibility index (Phi) is 4.80. The van der Waals surface area contributed by atoms with Crippen LogP contribution in [0.2, 0.25) is 0 Å². The number of rotatable bonds is 4. The van der Waals surface area contributed by atoms with E-state index in [0.717, 1.165) is 62.0 Å². The summed E-state index contributed by atoms with van der Waals surface area (Å²) in [5, 5.41) is 6.08. The zero-order valence-electron chi connectivity index (χ0n) is 15.3. The number of amides is 2. The standard InChI is InChI=1S/C18H19F3N4O3S/c19-18(20,21)10-25-9-13(8-22-25)29(27,28)24-17(26)23-16-14-5-1-3-11(14)7-12-4-2-6-15(12)16/h7-9H,1-6,10H2,(H2,23,24,26). The third-order valence-electron chi connectivity index (χ3n) is 5.20. The van der Waals surface area contributed by atoms with E-state index < -0.39 is 33.7 Å². The lowest BCUT2D eigenvalue weighted by Crippen LogP contribution is -2.34. The molecule has 29 heavy (non-hydrogen) atoms. The van der Waals surface area contributed by atoms with Crippen molar-refractivity contribution in [2.45, 2.75) is 56.1 Å². The number of nitrogens with zero attached hydrogens (tertiary/aromatic N) is 2. The largest absolute Gasteiger partial charge is 0.408 e. The Balaban J connectivity index is 1.52. The first kappa shape index (κ1) is 19.7. The molecule has 0 radical (unpaired) electrons. The van der Waals surface area contributed by atoms with Gasteiger partial charge in [0.1, 0.15) is 11.4 Å². The lowest BCUT2D eigenvalue weighted by molar-refractivity contribution is -0.142. The van der Waals surface area contributed by atoms with Crippen molar-refractivity contribution in [2.75, 3.05) is 5.32 Å². The molecule has 2 aromatic rings. The van der Waals surface area contributed by atoms with Crippen molar-refractivity contribution in [1.29, 1.82) is 0 Å². The highest BCUT2D eigenvalue weighted by atomic mass is 32.2. The molecule has 0 atom stereocenters. The number of anilines is 1. The number of alkyl halides is 3. The van der Waals surface area contributed by atoms with Crippen LogP contribution in [0.5, 0.6) is 0 Å². The van der Waals surface area contributed by atoms with E-state index in [9.17, 15) is 26.4 Å². The fraction of sp³-hybridized carbons (Fsp3) is 0.444. The summed E-state index contributed by atoms with van der Waals surface area (Å²) in [6.45, 7) is -1.42. The molecule has 0 saturated carbocycles. The average Bonchev–Trinajstić information content (AvgIpc) is 3.31. The number of halogens is 3. The smallest absolute Gasteiger partial charge is 0.307 e. The van der Waals surface area contributed by atoms with Gasteiger partial charge in [-0.3, -0.25) is 4.68 Å². The van der Waals surface area contributed by atoms with Crippen molar-refractivity contribution in [1.82, 2.24) is 14.5 Å². The van der Waals surface area contributed by atoms with Crippen molar-refractivity contribution >= 4 is 21.7 Å². The summed E-state index contributed by atoms with van der Waals surface area (Å²) < 4.78 is 64.4. The van der Waals surface area contributed by atoms with Gasteiger partial charge in [-0.05, 0) is 60.8 Å². The van der Waals surface area contributed by atoms with E-state index in [0.29, 0.717) is 10.4 Å². The van der Waals surface area contributed by atoms with Gasteiger partial charge in [0.2, 0.25) is 0 Å². The molecule has 156 valence electrons. The summed E-state index contributed by atoms with van der Waals surface area (Å²) in [7, 11) is -4.36. The zero-order valence-corrected chi connectivity index (χ0v) is 16.2. The molecule has 2 aliphatic rings. The number of aromatic nitrogens is 2. The Labute approximate surface area is 165 Å². The van der Waals surface area contributed by atoms with Crippen molar-refractivity contribution in [2.24, 2.45) is 0 Å². The summed E-state index contributed by atoms with van der Waals surface area (Å²) >= 11 is 0. The molecule has 1 aromatic heterocycles. The first-order valence-electron chi connectivity index (χ1n) is 9.22. The van der Waals surface area contributed by atoms with Crippen LogP contribution < -0.4 is 10.0 Å². The number of urea groups is 1. The molecular formula is C18H19F3N4O3S. The van der Waals surface area contributed by atoms with Crippen LogP contribution in [0.4, 0.5) is 23.7 Å². The molecular weight excluding hydrogens is 409 g/mol. The van der Waals surface area contributed by atoms with Gasteiger partial charge in [0.25, 0.3) is 10.0 Å². The summed E-state index contributed by atoms with van der Waals surface area (Å²) in [6, 6.07) is 1.24. The Morgan fingerprint density at radius 2 is 1.72 bits per heavy atom. The number of fused-ring (bicyclic) bond motifs is 2. The van der Waals surface area contributed by atoms with Crippen molar-refractivity contribution in [3.05, 3.63) is 40.7 Å². The second kappa shape index (κ2) is 7.05. The minimum absolute atomic E-state index is 0.462. The minimum atomic E-state index is -4.54. The zero-order chi connectivity index (χ0) is 20.8. The van der Waals surface area contributed by atoms with Gasteiger partial charge in [-0.1, -0.05) is 6.07 Å². The van der Waals surface area contributed by atoms with Crippen LogP contribution in [0.1, 0.15) is 35.1 Å². The molecule has 0 aliphatic heterocycles. The molecule has 0 spiro atoms. The van der Waals surface area contributed by atoms with Crippen LogP contribution in [0.3, 0.4) is 0 Å². The van der Waals surface area contributed by atoms with E-state index in [1.165, 1.54) is 11.1 Å². The molecule has 0 unspecified atom stereocenters. The fourth-order valence-electron chi connectivity index (χ4n) is 4.04. The Morgan fingerprint density at radius 3 is 2.31 bits per heavy atom. The Bertz CT molecular complexity index is 1040. The molecule has 2 aliphatic carbocycles. The highest BCUT2D eigenvalue weighted by molar-refractivity contribution is 7.90. The van der Waals surface area contributed by atoms with E-state index >= 15 is 0 Å². The van der Waals surface area contributed by atoms with E-state index in [2.05, 4.69) is 16.5 Å². The third kappa shape index (κ3) is 4.09. The lowest BCUT2D eigenvalue weighted by Gasteiger charge is -2.16. The SMILES string of the molecule is O=C(Nc1c2c(cc3c1CCC3)CCC2)NS(=O)(=O)c1cnn(CC(F)(F)F)c1. The number of sulfonamides is 1. The summed E-state index contributed by atoms with van der Waals surface area (Å²) in [6.07, 6.45) is 2.41. The number of carbonyl (C=O) groups is 1. The van der Waals surface area contributed by atoms with Gasteiger partial charge in [-0.2, -0.15) is 18.3 Å². The molecule has 0 saturated heterocycles. The molecule has 1 aromatic carbocycles. The van der Waals surface area contributed by atoms with Crippen molar-refractivity contribution in [3.63, 3.8) is 0 Å². The molecule has 2 amide bonds. The van der Waals surface area contributed by atoms with E-state index in [1.54, 1.807) is 0 Å². The van der Waals surface area contributed by atoms with Crippen LogP contribution >= 0.6 is 0 Å². The molecule has 1 heterocycles. The summed E-state index contributed by atoms with van der Waals surface area (Å²) in [5.41, 5.74) is 5.11. The van der Waals surface area contributed by atoms with Crippen LogP contribution in [-0.4, -0.2) is 30.4 Å². The number of aryl methyl sites for hydroxylation is 2. The predicted octanol–water partition coefficient (Wildman–Crippen LogP) is 2.93. The summed E-state index contributed by atoms with van der Waals surface area (Å²) in [4.78, 5) is 11.9. The van der Waals surface area contributed by atoms with Gasteiger partial charge in [0.05, 0.1) is 6.20 Å². The average molecular weight is 428 g/mol. The second-order valence-corrected chi connectivity index (χ2v) is 8.96. The molecule has 11 heteroatoms. The van der Waals surface area contributed by atoms with E-state index in [-0.39, 0.29) is 0 Å². The highest BCUT2D eigenvalue weighted by Crippen LogP contribution is 2.38. The van der Waals surface area contributed by atoms with Crippen molar-refractivity contribution in [3.8, 4) is 0 Å². The Hall–Kier alpha value is -2.56. The lowest BCUT2D eigenvalue weighted by atomic mass is 9.99. The maximum absolute atomic E-state index is 12.4. The quantitative estimate of drug-likeness (QED) is 0.783. The van der Waals surface area contributed by atoms with Gasteiger partial charge in [0, 0.05) is 11.9 Å². The van der Waals surface area contributed by atoms with Gasteiger partial charge in [-0.25, -0.2) is 17.9 Å². The third-order valence-corrected chi connectivity index (χ3v) is 6.49. The van der Waals surface area contributed by atoms with Crippen LogP contribution in [0.15, 0.2) is 23.4 Å². The first-order chi connectivity index (χ1) is 13.6. The predicted molar refractivity (Wildman–Crippen MR) is 98.1 cm³/mol. The van der Waals surface area contributed by atoms with Crippen LogP contribution in [-0.2, 0) is 42.3 Å². The van der Waals surface area contributed by atoms with Crippen LogP contribution in [0.25, 0.3) is 0 Å². The molecule has 0 bridgehead atoms. The molecule has 4 rings (SSSR count). The van der Waals surface area contributed by atoms with Gasteiger partial charge >= 0.3 is 12.2 Å². The minimum Gasteiger partial charge on any atom is -0.307 e. The first-order valence-corrected chi connectivity index (χ1v) is 10.7. The number of benzene rings is 1. The number of hydrogen-bond donors (Lipinski definition) is 2. The van der Waals surface area contributed by atoms with Gasteiger partial charge in [0.15, 0.2) is 0 Å². The molecule has 7 nitrogen and oxygen atoms in total. The van der Waals surface area contributed by atoms with E-state index in [1.807, 2.05) is 4.72 Å². The van der Waals surface area contributed by atoms with Gasteiger partial charge in [-0.15, -0.1) is 0 Å². The highest BCUT2D eigenvalue weighted by Gasteiger charge is 2.30. The number of carbonyl (C=O) groups excluding carboxylic acids is 1. The number of hydrogen-bond acceptors (Lipinski definition) is 4. The van der Waals surface area contributed by atoms with Gasteiger partial charge < -0.3 is 5.32 Å².